The quantitative estimate of drug-likeness (QED) is 0.177. The number of carboxylic acids is 1. The number of hydrogen-bond acceptors (Lipinski definition) is 7. The number of rotatable bonds is 9. The van der Waals surface area contributed by atoms with Gasteiger partial charge in [-0.25, -0.2) is 4.79 Å². The highest BCUT2D eigenvalue weighted by molar-refractivity contribution is 6.05. The molecule has 4 heterocycles. The summed E-state index contributed by atoms with van der Waals surface area (Å²) in [4.78, 5) is 58.2. The molecule has 1 atom stereocenters. The largest absolute Gasteiger partial charge is 0.478 e. The Morgan fingerprint density at radius 2 is 1.41 bits per heavy atom. The molecular weight excluding hydrogens is 727 g/mol. The number of nitrogens with zero attached hydrogens (tertiary/aromatic N) is 4. The van der Waals surface area contributed by atoms with Gasteiger partial charge in [-0.05, 0) is 139 Å². The predicted octanol–water partition coefficient (Wildman–Crippen LogP) is 6.87. The Balaban J connectivity index is 0.781. The molecule has 0 radical (unpaired) electrons. The van der Waals surface area contributed by atoms with E-state index >= 15 is 0 Å². The van der Waals surface area contributed by atoms with Gasteiger partial charge in [0.25, 0.3) is 5.91 Å². The lowest BCUT2D eigenvalue weighted by atomic mass is 9.87. The van der Waals surface area contributed by atoms with Gasteiger partial charge < -0.3 is 19.8 Å². The molecule has 298 valence electrons. The van der Waals surface area contributed by atoms with E-state index in [1.54, 1.807) is 11.0 Å². The molecule has 3 saturated heterocycles. The van der Waals surface area contributed by atoms with E-state index in [9.17, 15) is 24.3 Å². The van der Waals surface area contributed by atoms with Gasteiger partial charge in [0.2, 0.25) is 11.8 Å². The maximum Gasteiger partial charge on any atom is 0.335 e. The summed E-state index contributed by atoms with van der Waals surface area (Å²) in [5.74, 6) is -0.946. The van der Waals surface area contributed by atoms with Crippen molar-refractivity contribution >= 4 is 46.2 Å². The zero-order valence-corrected chi connectivity index (χ0v) is 33.0. The van der Waals surface area contributed by atoms with Crippen molar-refractivity contribution in [1.29, 1.82) is 0 Å². The average molecular weight is 778 g/mol. The number of anilines is 2. The maximum atomic E-state index is 13.2. The van der Waals surface area contributed by atoms with Gasteiger partial charge in [0.15, 0.2) is 0 Å². The number of carbonyl (C=O) groups excluding carboxylic acids is 3. The number of allylic oxidation sites excluding steroid dienone is 1. The van der Waals surface area contributed by atoms with Crippen molar-refractivity contribution in [3.05, 3.63) is 130 Å². The Morgan fingerprint density at radius 3 is 2.16 bits per heavy atom. The summed E-state index contributed by atoms with van der Waals surface area (Å²) in [5, 5.41) is 12.1. The first-order valence-corrected chi connectivity index (χ1v) is 21.0. The van der Waals surface area contributed by atoms with Crippen molar-refractivity contribution in [2.75, 3.05) is 55.6 Å². The highest BCUT2D eigenvalue weighted by atomic mass is 16.4. The van der Waals surface area contributed by atoms with Crippen molar-refractivity contribution in [2.45, 2.75) is 64.0 Å². The van der Waals surface area contributed by atoms with Gasteiger partial charge in [-0.15, -0.1) is 0 Å². The molecule has 9 rings (SSSR count). The zero-order valence-electron chi connectivity index (χ0n) is 33.0. The van der Waals surface area contributed by atoms with Gasteiger partial charge >= 0.3 is 5.97 Å². The minimum Gasteiger partial charge on any atom is -0.478 e. The molecule has 58 heavy (non-hydrogen) atoms. The summed E-state index contributed by atoms with van der Waals surface area (Å²) in [6, 6.07) is 30.8. The van der Waals surface area contributed by atoms with Crippen LogP contribution in [0.4, 0.5) is 11.4 Å². The molecule has 10 nitrogen and oxygen atoms in total. The van der Waals surface area contributed by atoms with E-state index in [0.717, 1.165) is 87.5 Å². The number of fused-ring (bicyclic) bond motifs is 2. The van der Waals surface area contributed by atoms with Gasteiger partial charge in [-0.3, -0.25) is 24.6 Å². The van der Waals surface area contributed by atoms with E-state index in [1.165, 1.54) is 47.2 Å². The highest BCUT2D eigenvalue weighted by Gasteiger charge is 2.39. The summed E-state index contributed by atoms with van der Waals surface area (Å²) in [6.45, 7) is 7.53. The molecule has 0 aromatic heterocycles. The lowest BCUT2D eigenvalue weighted by molar-refractivity contribution is -0.136. The number of piperazine rings is 1. The fourth-order valence-corrected chi connectivity index (χ4v) is 9.85. The summed E-state index contributed by atoms with van der Waals surface area (Å²) >= 11 is 0. The SMILES string of the molecule is O=C1CCC(N2Cc3cc(N4CCN(CCC5CCN(c6ccc(C7=C(c8ccccc8)CCCc8cc(C(=O)O)ccc87)cc6)CC5)CC4)ccc3C2=O)C(=O)N1. The first-order valence-electron chi connectivity index (χ1n) is 21.0. The number of benzene rings is 4. The number of amides is 3. The van der Waals surface area contributed by atoms with E-state index in [1.807, 2.05) is 24.3 Å². The van der Waals surface area contributed by atoms with Gasteiger partial charge in [0.05, 0.1) is 5.56 Å². The molecule has 3 amide bonds. The van der Waals surface area contributed by atoms with E-state index < -0.39 is 12.0 Å². The number of piperidine rings is 2. The first-order chi connectivity index (χ1) is 28.3. The van der Waals surface area contributed by atoms with Crippen LogP contribution in [-0.2, 0) is 22.6 Å². The molecule has 2 N–H and O–H groups in total. The average Bonchev–Trinajstić information content (AvgIpc) is 3.45. The van der Waals surface area contributed by atoms with Crippen LogP contribution in [0.1, 0.15) is 93.5 Å². The van der Waals surface area contributed by atoms with E-state index in [2.05, 4.69) is 80.7 Å². The van der Waals surface area contributed by atoms with E-state index in [4.69, 9.17) is 0 Å². The molecule has 5 aliphatic rings. The molecule has 0 bridgehead atoms. The molecule has 4 aromatic rings. The minimum atomic E-state index is -0.885. The molecule has 0 spiro atoms. The first kappa shape index (κ1) is 37.8. The summed E-state index contributed by atoms with van der Waals surface area (Å²) in [7, 11) is 0. The third-order valence-corrected chi connectivity index (χ3v) is 13.2. The van der Waals surface area contributed by atoms with Crippen molar-refractivity contribution < 1.29 is 24.3 Å². The van der Waals surface area contributed by atoms with Gasteiger partial charge in [0.1, 0.15) is 6.04 Å². The molecular formula is C48H51N5O5. The second kappa shape index (κ2) is 16.3. The third-order valence-electron chi connectivity index (χ3n) is 13.2. The van der Waals surface area contributed by atoms with E-state index in [-0.39, 0.29) is 24.1 Å². The standard InChI is InChI=1S/C48H51N5O5/c54-44-18-17-43(46(55)49-44)53-31-37-30-39(14-16-42(37)47(53)56)52-27-25-50(26-28-52)22-19-32-20-23-51(24-21-32)38-12-9-34(10-13-38)45-40(33-5-2-1-3-6-33)8-4-7-35-29-36(48(57)58)11-15-41(35)45/h1-3,5-6,9-16,29-30,32,43H,4,7-8,17-28,31H2,(H,57,58)(H,49,54,55). The molecule has 1 unspecified atom stereocenters. The van der Waals surface area contributed by atoms with Gasteiger partial charge in [0, 0.05) is 69.2 Å². The van der Waals surface area contributed by atoms with Crippen LogP contribution in [0.5, 0.6) is 0 Å². The topological polar surface area (TPSA) is 114 Å². The van der Waals surface area contributed by atoms with Crippen LogP contribution in [-0.4, -0.2) is 90.5 Å². The lowest BCUT2D eigenvalue weighted by Crippen LogP contribution is -2.52. The van der Waals surface area contributed by atoms with Crippen LogP contribution in [0.2, 0.25) is 0 Å². The fourth-order valence-electron chi connectivity index (χ4n) is 9.85. The number of carboxylic acid groups (broad SMARTS) is 1. The fraction of sp³-hybridized carbons (Fsp3) is 0.375. The molecule has 10 heteroatoms. The van der Waals surface area contributed by atoms with Crippen LogP contribution >= 0.6 is 0 Å². The number of aryl methyl sites for hydroxylation is 1. The van der Waals surface area contributed by atoms with Crippen LogP contribution in [0.15, 0.2) is 91.0 Å². The smallest absolute Gasteiger partial charge is 0.335 e. The summed E-state index contributed by atoms with van der Waals surface area (Å²) in [5.41, 5.74) is 11.5. The van der Waals surface area contributed by atoms with Crippen molar-refractivity contribution in [2.24, 2.45) is 5.92 Å². The van der Waals surface area contributed by atoms with Crippen LogP contribution in [0.25, 0.3) is 11.1 Å². The van der Waals surface area contributed by atoms with Gasteiger partial charge in [-0.2, -0.15) is 0 Å². The third kappa shape index (κ3) is 7.65. The maximum absolute atomic E-state index is 13.2. The van der Waals surface area contributed by atoms with Crippen LogP contribution < -0.4 is 15.1 Å². The molecule has 1 aliphatic carbocycles. The second-order valence-corrected chi connectivity index (χ2v) is 16.6. The number of imide groups is 1. The number of hydrogen-bond donors (Lipinski definition) is 2. The minimum absolute atomic E-state index is 0.128. The van der Waals surface area contributed by atoms with Crippen molar-refractivity contribution in [3.63, 3.8) is 0 Å². The predicted molar refractivity (Wildman–Crippen MR) is 226 cm³/mol. The van der Waals surface area contributed by atoms with Gasteiger partial charge in [-0.1, -0.05) is 48.5 Å². The number of carbonyl (C=O) groups is 4. The number of nitrogens with one attached hydrogen (secondary N) is 1. The van der Waals surface area contributed by atoms with Crippen LogP contribution in [0.3, 0.4) is 0 Å². The Hall–Kier alpha value is -5.74. The summed E-state index contributed by atoms with van der Waals surface area (Å²) in [6.07, 6.45) is 6.99. The lowest BCUT2D eigenvalue weighted by Gasteiger charge is -2.38. The Bertz CT molecular complexity index is 2250. The summed E-state index contributed by atoms with van der Waals surface area (Å²) < 4.78 is 0. The Kier molecular flexibility index (Phi) is 10.6. The Labute approximate surface area is 340 Å². The monoisotopic (exact) mass is 777 g/mol. The second-order valence-electron chi connectivity index (χ2n) is 16.6. The van der Waals surface area contributed by atoms with E-state index in [0.29, 0.717) is 30.0 Å². The van der Waals surface area contributed by atoms with Crippen molar-refractivity contribution in [3.8, 4) is 0 Å². The zero-order chi connectivity index (χ0) is 39.8. The molecule has 3 fully saturated rings. The molecule has 4 aromatic carbocycles. The molecule has 4 aliphatic heterocycles. The number of aromatic carboxylic acids is 1. The van der Waals surface area contributed by atoms with Crippen molar-refractivity contribution in [1.82, 2.24) is 15.1 Å². The molecule has 0 saturated carbocycles. The Morgan fingerprint density at radius 1 is 0.690 bits per heavy atom. The normalized spacial score (nSPS) is 20.5. The van der Waals surface area contributed by atoms with Crippen LogP contribution in [0, 0.1) is 5.92 Å². The highest BCUT2D eigenvalue weighted by Crippen LogP contribution is 2.41.